The van der Waals surface area contributed by atoms with Crippen LogP contribution in [0, 0.1) is 11.3 Å². The number of benzene rings is 1. The van der Waals surface area contributed by atoms with Crippen molar-refractivity contribution in [3.63, 3.8) is 0 Å². The summed E-state index contributed by atoms with van der Waals surface area (Å²) in [7, 11) is 1.71. The fourth-order valence-corrected chi connectivity index (χ4v) is 2.37. The Hall–Kier alpha value is -1.84. The van der Waals surface area contributed by atoms with Crippen molar-refractivity contribution < 1.29 is 9.84 Å². The van der Waals surface area contributed by atoms with Gasteiger partial charge in [-0.3, -0.25) is 0 Å². The molecule has 1 aliphatic rings. The SMILES string of the molecule is CNC(=S)NC1c2cc(C#N)ccc2OC(C)(C)C1O. The van der Waals surface area contributed by atoms with Crippen LogP contribution in [0.3, 0.4) is 0 Å². The molecule has 0 saturated carbocycles. The van der Waals surface area contributed by atoms with Crippen LogP contribution in [0.15, 0.2) is 18.2 Å². The number of nitrogens with one attached hydrogen (secondary N) is 2. The van der Waals surface area contributed by atoms with Crippen LogP contribution in [0.1, 0.15) is 31.0 Å². The van der Waals surface area contributed by atoms with Crippen molar-refractivity contribution in [2.75, 3.05) is 7.05 Å². The van der Waals surface area contributed by atoms with Gasteiger partial charge in [-0.25, -0.2) is 0 Å². The molecule has 0 saturated heterocycles. The lowest BCUT2D eigenvalue weighted by Crippen LogP contribution is -2.54. The first-order chi connectivity index (χ1) is 9.39. The minimum atomic E-state index is -0.796. The van der Waals surface area contributed by atoms with Crippen molar-refractivity contribution in [1.29, 1.82) is 5.26 Å². The molecule has 0 amide bonds. The van der Waals surface area contributed by atoms with Gasteiger partial charge in [0.25, 0.3) is 0 Å². The molecule has 0 fully saturated rings. The van der Waals surface area contributed by atoms with Gasteiger partial charge in [-0.1, -0.05) is 0 Å². The number of ether oxygens (including phenoxy) is 1. The molecule has 0 aliphatic carbocycles. The van der Waals surface area contributed by atoms with Crippen LogP contribution in [0.5, 0.6) is 5.75 Å². The zero-order valence-corrected chi connectivity index (χ0v) is 12.4. The average Bonchev–Trinajstić information content (AvgIpc) is 2.43. The third-order valence-electron chi connectivity index (χ3n) is 3.39. The monoisotopic (exact) mass is 291 g/mol. The van der Waals surface area contributed by atoms with Crippen LogP contribution >= 0.6 is 12.2 Å². The van der Waals surface area contributed by atoms with E-state index in [1.165, 1.54) is 0 Å². The lowest BCUT2D eigenvalue weighted by molar-refractivity contribution is -0.0610. The molecule has 2 unspecified atom stereocenters. The van der Waals surface area contributed by atoms with Crippen LogP contribution in [0.25, 0.3) is 0 Å². The van der Waals surface area contributed by atoms with Gasteiger partial charge in [-0.05, 0) is 44.3 Å². The van der Waals surface area contributed by atoms with E-state index in [1.54, 1.807) is 25.2 Å². The Balaban J connectivity index is 2.48. The summed E-state index contributed by atoms with van der Waals surface area (Å²) >= 11 is 5.12. The summed E-state index contributed by atoms with van der Waals surface area (Å²) in [5, 5.41) is 25.8. The molecule has 1 aromatic carbocycles. The van der Waals surface area contributed by atoms with Crippen molar-refractivity contribution in [3.8, 4) is 11.8 Å². The second-order valence-electron chi connectivity index (χ2n) is 5.22. The highest BCUT2D eigenvalue weighted by Gasteiger charge is 2.43. The van der Waals surface area contributed by atoms with E-state index < -0.39 is 17.7 Å². The minimum absolute atomic E-state index is 0.429. The summed E-state index contributed by atoms with van der Waals surface area (Å²) in [5.41, 5.74) is 0.497. The Morgan fingerprint density at radius 1 is 1.50 bits per heavy atom. The fraction of sp³-hybridized carbons (Fsp3) is 0.429. The van der Waals surface area contributed by atoms with Gasteiger partial charge in [0, 0.05) is 12.6 Å². The average molecular weight is 291 g/mol. The van der Waals surface area contributed by atoms with Crippen LogP contribution in [0.2, 0.25) is 0 Å². The third kappa shape index (κ3) is 2.55. The first kappa shape index (κ1) is 14.6. The number of rotatable bonds is 1. The zero-order chi connectivity index (χ0) is 14.9. The van der Waals surface area contributed by atoms with E-state index >= 15 is 0 Å². The summed E-state index contributed by atoms with van der Waals surface area (Å²) in [4.78, 5) is 0. The van der Waals surface area contributed by atoms with Gasteiger partial charge >= 0.3 is 0 Å². The van der Waals surface area contributed by atoms with Gasteiger partial charge in [-0.15, -0.1) is 0 Å². The molecule has 0 bridgehead atoms. The fourth-order valence-electron chi connectivity index (χ4n) is 2.24. The summed E-state index contributed by atoms with van der Waals surface area (Å²) in [6.07, 6.45) is -0.796. The molecule has 0 aromatic heterocycles. The molecule has 106 valence electrons. The molecule has 2 rings (SSSR count). The first-order valence-electron chi connectivity index (χ1n) is 6.28. The molecule has 1 aliphatic heterocycles. The van der Waals surface area contributed by atoms with Gasteiger partial charge in [0.1, 0.15) is 17.5 Å². The topological polar surface area (TPSA) is 77.3 Å². The Morgan fingerprint density at radius 3 is 2.80 bits per heavy atom. The lowest BCUT2D eigenvalue weighted by atomic mass is 9.86. The van der Waals surface area contributed by atoms with E-state index in [9.17, 15) is 5.11 Å². The number of aliphatic hydroxyl groups is 1. The Kier molecular flexibility index (Phi) is 3.84. The Morgan fingerprint density at radius 2 is 2.20 bits per heavy atom. The van der Waals surface area contributed by atoms with Gasteiger partial charge in [0.15, 0.2) is 5.11 Å². The zero-order valence-electron chi connectivity index (χ0n) is 11.6. The summed E-state index contributed by atoms with van der Waals surface area (Å²) < 4.78 is 5.81. The van der Waals surface area contributed by atoms with Gasteiger partial charge in [0.2, 0.25) is 0 Å². The normalized spacial score (nSPS) is 22.9. The minimum Gasteiger partial charge on any atom is -0.485 e. The van der Waals surface area contributed by atoms with Crippen molar-refractivity contribution >= 4 is 17.3 Å². The molecule has 1 heterocycles. The van der Waals surface area contributed by atoms with Crippen LogP contribution < -0.4 is 15.4 Å². The van der Waals surface area contributed by atoms with Crippen LogP contribution in [-0.4, -0.2) is 29.0 Å². The van der Waals surface area contributed by atoms with Gasteiger partial charge < -0.3 is 20.5 Å². The maximum atomic E-state index is 10.5. The van der Waals surface area contributed by atoms with E-state index in [0.29, 0.717) is 16.4 Å². The third-order valence-corrected chi connectivity index (χ3v) is 3.71. The first-order valence-corrected chi connectivity index (χ1v) is 6.69. The van der Waals surface area contributed by atoms with Gasteiger partial charge in [0.05, 0.1) is 17.7 Å². The Bertz CT molecular complexity index is 580. The van der Waals surface area contributed by atoms with E-state index in [2.05, 4.69) is 16.7 Å². The van der Waals surface area contributed by atoms with Crippen molar-refractivity contribution in [2.24, 2.45) is 0 Å². The molecule has 1 aromatic rings. The molecule has 20 heavy (non-hydrogen) atoms. The van der Waals surface area contributed by atoms with Gasteiger partial charge in [-0.2, -0.15) is 5.26 Å². The van der Waals surface area contributed by atoms with Crippen LogP contribution in [0.4, 0.5) is 0 Å². The molecular weight excluding hydrogens is 274 g/mol. The van der Waals surface area contributed by atoms with E-state index in [1.807, 2.05) is 13.8 Å². The highest BCUT2D eigenvalue weighted by Crippen LogP contribution is 2.40. The molecular formula is C14H17N3O2S. The molecule has 2 atom stereocenters. The van der Waals surface area contributed by atoms with E-state index in [4.69, 9.17) is 22.2 Å². The summed E-state index contributed by atoms with van der Waals surface area (Å²) in [5.74, 6) is 0.649. The second-order valence-corrected chi connectivity index (χ2v) is 5.62. The van der Waals surface area contributed by atoms with E-state index in [0.717, 1.165) is 5.56 Å². The molecule has 3 N–H and O–H groups in total. The number of nitrogens with zero attached hydrogens (tertiary/aromatic N) is 1. The maximum Gasteiger partial charge on any atom is 0.166 e. The number of aliphatic hydroxyl groups excluding tert-OH is 1. The summed E-state index contributed by atoms with van der Waals surface area (Å²) in [6.45, 7) is 3.63. The molecule has 0 spiro atoms. The number of nitriles is 1. The largest absolute Gasteiger partial charge is 0.485 e. The number of hydrogen-bond acceptors (Lipinski definition) is 4. The van der Waals surface area contributed by atoms with E-state index in [-0.39, 0.29) is 0 Å². The van der Waals surface area contributed by atoms with Crippen molar-refractivity contribution in [2.45, 2.75) is 31.6 Å². The molecule has 5 nitrogen and oxygen atoms in total. The highest BCUT2D eigenvalue weighted by molar-refractivity contribution is 7.80. The number of thiocarbonyl (C=S) groups is 1. The lowest BCUT2D eigenvalue weighted by Gasteiger charge is -2.42. The number of fused-ring (bicyclic) bond motifs is 1. The summed E-state index contributed by atoms with van der Waals surface area (Å²) in [6, 6.07) is 6.81. The predicted molar refractivity (Wildman–Crippen MR) is 79.4 cm³/mol. The van der Waals surface area contributed by atoms with Crippen molar-refractivity contribution in [3.05, 3.63) is 29.3 Å². The molecule has 6 heteroatoms. The predicted octanol–water partition coefficient (Wildman–Crippen LogP) is 1.23. The Labute approximate surface area is 123 Å². The highest BCUT2D eigenvalue weighted by atomic mass is 32.1. The smallest absolute Gasteiger partial charge is 0.166 e. The standard InChI is InChI=1S/C14H17N3O2S/c1-14(2)12(18)11(17-13(20)16-3)9-6-8(7-15)4-5-10(9)19-14/h4-6,11-12,18H,1-3H3,(H2,16,17,20). The number of hydrogen-bond donors (Lipinski definition) is 3. The van der Waals surface area contributed by atoms with Crippen molar-refractivity contribution in [1.82, 2.24) is 10.6 Å². The maximum absolute atomic E-state index is 10.5. The quantitative estimate of drug-likeness (QED) is 0.676. The van der Waals surface area contributed by atoms with Crippen LogP contribution in [-0.2, 0) is 0 Å². The molecule has 0 radical (unpaired) electrons. The second kappa shape index (κ2) is 5.27.